The molecule has 8 heteroatoms. The first-order valence-electron chi connectivity index (χ1n) is 9.33. The maximum Gasteiger partial charge on any atom is 0.193 e. The topological polar surface area (TPSA) is 58.6 Å². The number of aliphatic imine (C=N–C) groups is 1. The molecule has 0 aromatic heterocycles. The summed E-state index contributed by atoms with van der Waals surface area (Å²) in [6.07, 6.45) is 2.03. The van der Waals surface area contributed by atoms with Crippen molar-refractivity contribution in [2.75, 3.05) is 62.2 Å². The van der Waals surface area contributed by atoms with Crippen molar-refractivity contribution in [1.29, 1.82) is 0 Å². The minimum Gasteiger partial charge on any atom is -0.497 e. The predicted molar refractivity (Wildman–Crippen MR) is 124 cm³/mol. The highest BCUT2D eigenvalue weighted by molar-refractivity contribution is 14.0. The molecule has 1 N–H and O–H groups in total. The Morgan fingerprint density at radius 2 is 1.86 bits per heavy atom. The summed E-state index contributed by atoms with van der Waals surface area (Å²) in [5, 5.41) is 3.55. The molecule has 28 heavy (non-hydrogen) atoms. The molecule has 1 aliphatic heterocycles. The van der Waals surface area contributed by atoms with Crippen molar-refractivity contribution in [3.05, 3.63) is 23.8 Å². The van der Waals surface area contributed by atoms with Gasteiger partial charge in [0.15, 0.2) is 5.96 Å². The summed E-state index contributed by atoms with van der Waals surface area (Å²) < 4.78 is 16.4. The van der Waals surface area contributed by atoms with Crippen molar-refractivity contribution in [3.8, 4) is 11.5 Å². The zero-order chi connectivity index (χ0) is 19.9. The van der Waals surface area contributed by atoms with E-state index in [2.05, 4.69) is 34.2 Å². The van der Waals surface area contributed by atoms with E-state index in [0.717, 1.165) is 55.6 Å². The lowest BCUT2D eigenvalue weighted by Gasteiger charge is -2.43. The highest BCUT2D eigenvalue weighted by Crippen LogP contribution is 2.26. The zero-order valence-corrected chi connectivity index (χ0v) is 20.3. The lowest BCUT2D eigenvalue weighted by atomic mass is 9.88. The van der Waals surface area contributed by atoms with Gasteiger partial charge in [-0.1, -0.05) is 0 Å². The number of halogens is 1. The summed E-state index contributed by atoms with van der Waals surface area (Å²) in [4.78, 5) is 8.88. The average Bonchev–Trinajstić information content (AvgIpc) is 2.69. The maximum absolute atomic E-state index is 5.56. The second-order valence-electron chi connectivity index (χ2n) is 7.17. The molecule has 1 saturated heterocycles. The van der Waals surface area contributed by atoms with Gasteiger partial charge in [-0.25, -0.2) is 0 Å². The molecule has 1 aromatic carbocycles. The van der Waals surface area contributed by atoms with Crippen LogP contribution in [0.15, 0.2) is 23.2 Å². The molecule has 1 aliphatic rings. The van der Waals surface area contributed by atoms with Crippen molar-refractivity contribution in [2.45, 2.75) is 24.9 Å². The summed E-state index contributed by atoms with van der Waals surface area (Å²) in [5.41, 5.74) is 1.17. The van der Waals surface area contributed by atoms with Crippen LogP contribution in [0.5, 0.6) is 11.5 Å². The van der Waals surface area contributed by atoms with Crippen molar-refractivity contribution in [1.82, 2.24) is 15.1 Å². The standard InChI is InChI=1S/C20H34N4O3.HI/c1-21-19(22-15-20(23(2)3)9-11-27-12-10-20)24(4)14-16-7-8-17(25-5)13-18(16)26-6;/h7-8,13H,9-12,14-15H2,1-6H3,(H,21,22);1H. The lowest BCUT2D eigenvalue weighted by Crippen LogP contribution is -2.57. The van der Waals surface area contributed by atoms with E-state index in [1.54, 1.807) is 14.2 Å². The van der Waals surface area contributed by atoms with Crippen LogP contribution in [-0.4, -0.2) is 83.5 Å². The first-order chi connectivity index (χ1) is 13.0. The van der Waals surface area contributed by atoms with Crippen LogP contribution in [0.1, 0.15) is 18.4 Å². The quantitative estimate of drug-likeness (QED) is 0.349. The zero-order valence-electron chi connectivity index (χ0n) is 17.9. The Kier molecular flexibility index (Phi) is 10.3. The van der Waals surface area contributed by atoms with E-state index >= 15 is 0 Å². The van der Waals surface area contributed by atoms with Crippen LogP contribution in [0.2, 0.25) is 0 Å². The Labute approximate surface area is 186 Å². The van der Waals surface area contributed by atoms with Gasteiger partial charge < -0.3 is 29.3 Å². The Morgan fingerprint density at radius 1 is 1.18 bits per heavy atom. The number of hydrogen-bond donors (Lipinski definition) is 1. The van der Waals surface area contributed by atoms with Gasteiger partial charge in [0.2, 0.25) is 0 Å². The fourth-order valence-corrected chi connectivity index (χ4v) is 3.47. The van der Waals surface area contributed by atoms with Gasteiger partial charge in [0.25, 0.3) is 0 Å². The number of hydrogen-bond acceptors (Lipinski definition) is 5. The van der Waals surface area contributed by atoms with Crippen LogP contribution in [0.3, 0.4) is 0 Å². The lowest BCUT2D eigenvalue weighted by molar-refractivity contribution is -0.00522. The molecule has 0 radical (unpaired) electrons. The van der Waals surface area contributed by atoms with Gasteiger partial charge in [-0.2, -0.15) is 0 Å². The Hall–Kier alpha value is -1.26. The van der Waals surface area contributed by atoms with Crippen LogP contribution in [0.4, 0.5) is 0 Å². The van der Waals surface area contributed by atoms with Crippen molar-refractivity contribution < 1.29 is 14.2 Å². The molecule has 7 nitrogen and oxygen atoms in total. The average molecular weight is 506 g/mol. The number of likely N-dealkylation sites (N-methyl/N-ethyl adjacent to an activating group) is 1. The number of ether oxygens (including phenoxy) is 3. The van der Waals surface area contributed by atoms with Crippen LogP contribution in [0.25, 0.3) is 0 Å². The number of methoxy groups -OCH3 is 2. The van der Waals surface area contributed by atoms with E-state index in [0.29, 0.717) is 6.54 Å². The monoisotopic (exact) mass is 506 g/mol. The molecular formula is C20H35IN4O3. The van der Waals surface area contributed by atoms with Crippen molar-refractivity contribution >= 4 is 29.9 Å². The summed E-state index contributed by atoms with van der Waals surface area (Å²) in [7, 11) is 11.5. The maximum atomic E-state index is 5.56. The largest absolute Gasteiger partial charge is 0.497 e. The normalized spacial score (nSPS) is 16.3. The molecule has 1 heterocycles. The van der Waals surface area contributed by atoms with Gasteiger partial charge in [0.05, 0.1) is 14.2 Å². The summed E-state index contributed by atoms with van der Waals surface area (Å²) in [6.45, 7) is 3.12. The number of nitrogens with one attached hydrogen (secondary N) is 1. The fraction of sp³-hybridized carbons (Fsp3) is 0.650. The van der Waals surface area contributed by atoms with E-state index in [9.17, 15) is 0 Å². The van der Waals surface area contributed by atoms with Crippen LogP contribution < -0.4 is 14.8 Å². The molecule has 160 valence electrons. The van der Waals surface area contributed by atoms with E-state index in [-0.39, 0.29) is 29.5 Å². The molecule has 0 aliphatic carbocycles. The molecule has 1 aromatic rings. The van der Waals surface area contributed by atoms with E-state index in [1.165, 1.54) is 0 Å². The van der Waals surface area contributed by atoms with E-state index < -0.39 is 0 Å². The number of benzene rings is 1. The Bertz CT molecular complexity index is 634. The third kappa shape index (κ3) is 6.12. The third-order valence-electron chi connectivity index (χ3n) is 5.42. The van der Waals surface area contributed by atoms with Crippen molar-refractivity contribution in [3.63, 3.8) is 0 Å². The fourth-order valence-electron chi connectivity index (χ4n) is 3.47. The summed E-state index contributed by atoms with van der Waals surface area (Å²) in [5.74, 6) is 2.46. The van der Waals surface area contributed by atoms with Crippen LogP contribution >= 0.6 is 24.0 Å². The summed E-state index contributed by atoms with van der Waals surface area (Å²) >= 11 is 0. The van der Waals surface area contributed by atoms with E-state index in [1.807, 2.05) is 32.3 Å². The van der Waals surface area contributed by atoms with Gasteiger partial charge in [0.1, 0.15) is 11.5 Å². The highest BCUT2D eigenvalue weighted by Gasteiger charge is 2.35. The Balaban J connectivity index is 0.00000392. The van der Waals surface area contributed by atoms with E-state index in [4.69, 9.17) is 14.2 Å². The number of nitrogens with zero attached hydrogens (tertiary/aromatic N) is 3. The molecule has 0 saturated carbocycles. The minimum absolute atomic E-state index is 0. The van der Waals surface area contributed by atoms with Gasteiger partial charge in [-0.15, -0.1) is 24.0 Å². The number of rotatable bonds is 7. The first kappa shape index (κ1) is 24.8. The number of guanidine groups is 1. The molecule has 0 amide bonds. The second kappa shape index (κ2) is 11.7. The molecule has 0 spiro atoms. The second-order valence-corrected chi connectivity index (χ2v) is 7.17. The molecule has 0 unspecified atom stereocenters. The van der Waals surface area contributed by atoms with Gasteiger partial charge in [0, 0.05) is 57.6 Å². The van der Waals surface area contributed by atoms with Crippen LogP contribution in [0, 0.1) is 0 Å². The molecule has 2 rings (SSSR count). The van der Waals surface area contributed by atoms with Gasteiger partial charge >= 0.3 is 0 Å². The highest BCUT2D eigenvalue weighted by atomic mass is 127. The Morgan fingerprint density at radius 3 is 2.39 bits per heavy atom. The molecule has 1 fully saturated rings. The summed E-state index contributed by atoms with van der Waals surface area (Å²) in [6, 6.07) is 5.88. The van der Waals surface area contributed by atoms with Crippen molar-refractivity contribution in [2.24, 2.45) is 4.99 Å². The predicted octanol–water partition coefficient (Wildman–Crippen LogP) is 2.44. The minimum atomic E-state index is 0. The third-order valence-corrected chi connectivity index (χ3v) is 5.42. The smallest absolute Gasteiger partial charge is 0.193 e. The molecule has 0 atom stereocenters. The van der Waals surface area contributed by atoms with Crippen LogP contribution in [-0.2, 0) is 11.3 Å². The molecular weight excluding hydrogens is 471 g/mol. The van der Waals surface area contributed by atoms with Gasteiger partial charge in [-0.05, 0) is 39.1 Å². The molecule has 0 bridgehead atoms. The SMILES string of the molecule is CN=C(NCC1(N(C)C)CCOCC1)N(C)Cc1ccc(OC)cc1OC.I. The van der Waals surface area contributed by atoms with Gasteiger partial charge in [-0.3, -0.25) is 4.99 Å². The first-order valence-corrected chi connectivity index (χ1v) is 9.33.